The minimum atomic E-state index is -6.22. The topological polar surface area (TPSA) is 173 Å². The highest BCUT2D eigenvalue weighted by Gasteiger charge is 2.42. The molecule has 6 fully saturated rings. The van der Waals surface area contributed by atoms with Gasteiger partial charge < -0.3 is 44.7 Å². The minimum Gasteiger partial charge on any atom is -0.807 e. The fraction of sp³-hybridized carbons (Fsp3) is 1.00. The SMILES string of the molecule is C1CCC([NH2+]C2CCCCC2)CC1.C1CCC([NH2+]C2CCCCC2)CC1.C1CCC([NH2+]C2CCCCC2)CC1.O=P([O-])([O-])C(F)(Cl)P(=O)([O-])O. The smallest absolute Gasteiger partial charge is 0.270 e. The van der Waals surface area contributed by atoms with E-state index in [1.807, 2.05) is 0 Å². The summed E-state index contributed by atoms with van der Waals surface area (Å²) in [5.74, 6) is 0. The number of alkyl halides is 2. The van der Waals surface area contributed by atoms with Crippen molar-refractivity contribution in [3.05, 3.63) is 0 Å². The number of rotatable bonds is 8. The van der Waals surface area contributed by atoms with Crippen LogP contribution in [0, 0.1) is 0 Å². The summed E-state index contributed by atoms with van der Waals surface area (Å²) in [4.78, 5) is 37.1. The lowest BCUT2D eigenvalue weighted by Gasteiger charge is -2.43. The van der Waals surface area contributed by atoms with Crippen molar-refractivity contribution in [1.29, 1.82) is 0 Å². The molecule has 2 atom stereocenters. The highest BCUT2D eigenvalue weighted by Crippen LogP contribution is 2.66. The van der Waals surface area contributed by atoms with Crippen LogP contribution < -0.4 is 30.6 Å². The molecule has 6 rings (SSSR count). The van der Waals surface area contributed by atoms with Gasteiger partial charge in [0.1, 0.15) is 0 Å². The highest BCUT2D eigenvalue weighted by atomic mass is 35.5. The Morgan fingerprint density at radius 3 is 0.700 bits per heavy atom. The molecule has 7 N–H and O–H groups in total. The summed E-state index contributed by atoms with van der Waals surface area (Å²) in [7, 11) is -12.2. The maximum Gasteiger partial charge on any atom is 0.270 e. The normalized spacial score (nSPS) is 26.8. The van der Waals surface area contributed by atoms with Crippen molar-refractivity contribution in [3.63, 3.8) is 0 Å². The van der Waals surface area contributed by atoms with Crippen LogP contribution >= 0.6 is 26.8 Å². The lowest BCUT2D eigenvalue weighted by molar-refractivity contribution is -0.726. The van der Waals surface area contributed by atoms with E-state index in [0.717, 1.165) is 36.3 Å². The van der Waals surface area contributed by atoms with Crippen molar-refractivity contribution in [2.75, 3.05) is 0 Å². The standard InChI is InChI=1S/3C12H23N.CH4ClFO6P2/c3*1-3-7-11(8-4-1)13-12-9-5-2-6-10-12;2-1(3,10(4,5)6)11(7,8)9/h3*11-13H,1-10H2;(H2,4,5,6)(H2,7,8,9). The van der Waals surface area contributed by atoms with Crippen molar-refractivity contribution in [3.8, 4) is 0 Å². The summed E-state index contributed by atoms with van der Waals surface area (Å²) in [6, 6.07) is 5.98. The van der Waals surface area contributed by atoms with Crippen molar-refractivity contribution in [1.82, 2.24) is 0 Å². The van der Waals surface area contributed by atoms with E-state index >= 15 is 0 Å². The molecule has 0 aromatic rings. The molecule has 0 radical (unpaired) electrons. The Labute approximate surface area is 308 Å². The molecule has 0 aromatic heterocycles. The Morgan fingerprint density at radius 1 is 0.440 bits per heavy atom. The second-order valence-corrected chi connectivity index (χ2v) is 21.2. The summed E-state index contributed by atoms with van der Waals surface area (Å²) in [6.07, 6.45) is 44.9. The van der Waals surface area contributed by atoms with Crippen LogP contribution in [0.2, 0.25) is 0 Å². The Balaban J connectivity index is 0.000000181. The zero-order valence-corrected chi connectivity index (χ0v) is 33.6. The molecule has 6 aliphatic rings. The van der Waals surface area contributed by atoms with Crippen LogP contribution in [-0.4, -0.2) is 45.8 Å². The Hall–Kier alpha value is 0.400. The zero-order chi connectivity index (χ0) is 36.3. The van der Waals surface area contributed by atoms with E-state index in [2.05, 4.69) is 27.6 Å². The van der Waals surface area contributed by atoms with Gasteiger partial charge >= 0.3 is 0 Å². The van der Waals surface area contributed by atoms with Gasteiger partial charge in [-0.2, -0.15) is 0 Å². The molecule has 6 saturated carbocycles. The van der Waals surface area contributed by atoms with E-state index in [0.29, 0.717) is 0 Å². The van der Waals surface area contributed by atoms with Crippen LogP contribution in [0.5, 0.6) is 0 Å². The summed E-state index contributed by atoms with van der Waals surface area (Å²) in [6.45, 7) is 0. The van der Waals surface area contributed by atoms with Gasteiger partial charge in [-0.15, -0.1) is 0 Å². The summed E-state index contributed by atoms with van der Waals surface area (Å²) < 4.78 is 27.0. The van der Waals surface area contributed by atoms with Crippen molar-refractivity contribution in [2.24, 2.45) is 0 Å². The second kappa shape index (κ2) is 24.0. The van der Waals surface area contributed by atoms with E-state index in [9.17, 15) is 28.2 Å². The lowest BCUT2D eigenvalue weighted by atomic mass is 9.91. The first-order valence-corrected chi connectivity index (χ1v) is 24.3. The fourth-order valence-corrected chi connectivity index (χ4v) is 10.5. The van der Waals surface area contributed by atoms with Crippen molar-refractivity contribution < 1.29 is 49.0 Å². The van der Waals surface area contributed by atoms with E-state index in [1.54, 1.807) is 0 Å². The average Bonchev–Trinajstić information content (AvgIpc) is 3.11. The fourth-order valence-electron chi connectivity index (χ4n) is 9.27. The van der Waals surface area contributed by atoms with Gasteiger partial charge in [-0.25, -0.2) is 4.39 Å². The van der Waals surface area contributed by atoms with Crippen LogP contribution in [-0.2, 0) is 9.13 Å². The van der Waals surface area contributed by atoms with E-state index in [-0.39, 0.29) is 0 Å². The minimum absolute atomic E-state index is 0.997. The first-order chi connectivity index (χ1) is 23.8. The van der Waals surface area contributed by atoms with Gasteiger partial charge in [0, 0.05) is 0 Å². The van der Waals surface area contributed by atoms with Crippen LogP contribution in [0.25, 0.3) is 0 Å². The molecule has 0 saturated heterocycles. The summed E-state index contributed by atoms with van der Waals surface area (Å²) in [5, 5.41) is 8.16. The number of quaternary nitrogens is 3. The van der Waals surface area contributed by atoms with Crippen molar-refractivity contribution in [2.45, 2.75) is 233 Å². The molecule has 0 bridgehead atoms. The monoisotopic (exact) mass is 771 g/mol. The summed E-state index contributed by atoms with van der Waals surface area (Å²) in [5.41, 5.74) is 0. The van der Waals surface area contributed by atoms with Crippen LogP contribution in [0.1, 0.15) is 193 Å². The number of nitrogens with two attached hydrogens (primary N) is 3. The molecule has 0 heterocycles. The second-order valence-electron chi connectivity index (χ2n) is 16.5. The third-order valence-electron chi connectivity index (χ3n) is 12.2. The van der Waals surface area contributed by atoms with Gasteiger partial charge in [-0.1, -0.05) is 50.1 Å². The molecular formula is C37H73ClFN3O6P2. The maximum atomic E-state index is 12.2. The average molecular weight is 772 g/mol. The van der Waals surface area contributed by atoms with Gasteiger partial charge in [0.25, 0.3) is 4.61 Å². The largest absolute Gasteiger partial charge is 0.807 e. The molecule has 0 amide bonds. The van der Waals surface area contributed by atoms with Crippen LogP contribution in [0.15, 0.2) is 0 Å². The molecule has 0 aliphatic heterocycles. The third kappa shape index (κ3) is 17.7. The van der Waals surface area contributed by atoms with E-state index in [4.69, 9.17) is 4.89 Å². The maximum absolute atomic E-state index is 12.2. The first kappa shape index (κ1) is 44.8. The molecule has 0 spiro atoms. The van der Waals surface area contributed by atoms with E-state index in [1.165, 1.54) is 193 Å². The van der Waals surface area contributed by atoms with Gasteiger partial charge in [0.2, 0.25) is 0 Å². The molecule has 6 aliphatic carbocycles. The zero-order valence-electron chi connectivity index (χ0n) is 31.0. The first-order valence-electron chi connectivity index (χ1n) is 20.8. The quantitative estimate of drug-likeness (QED) is 0.202. The molecule has 2 unspecified atom stereocenters. The summed E-state index contributed by atoms with van der Waals surface area (Å²) >= 11 is 4.11. The lowest BCUT2D eigenvalue weighted by Crippen LogP contribution is -2.95. The molecular weight excluding hydrogens is 699 g/mol. The highest BCUT2D eigenvalue weighted by molar-refractivity contribution is 7.73. The van der Waals surface area contributed by atoms with E-state index < -0.39 is 19.8 Å². The van der Waals surface area contributed by atoms with Crippen LogP contribution in [0.3, 0.4) is 0 Å². The molecule has 9 nitrogen and oxygen atoms in total. The number of hydrogen-bond donors (Lipinski definition) is 4. The molecule has 13 heteroatoms. The Bertz CT molecular complexity index is 815. The predicted octanol–water partition coefficient (Wildman–Crippen LogP) is 4.91. The molecule has 296 valence electrons. The Kier molecular flexibility index (Phi) is 21.5. The third-order valence-corrected chi connectivity index (χ3v) is 16.3. The van der Waals surface area contributed by atoms with Gasteiger partial charge in [0.05, 0.1) is 36.3 Å². The molecule has 50 heavy (non-hydrogen) atoms. The molecule has 0 aromatic carbocycles. The van der Waals surface area contributed by atoms with Gasteiger partial charge in [-0.3, -0.25) is 0 Å². The van der Waals surface area contributed by atoms with Crippen molar-refractivity contribution >= 4 is 26.8 Å². The predicted molar refractivity (Wildman–Crippen MR) is 194 cm³/mol. The number of halogens is 2. The number of hydrogen-bond acceptors (Lipinski definition) is 5. The Morgan fingerprint density at radius 2 is 0.600 bits per heavy atom. The van der Waals surface area contributed by atoms with Crippen LogP contribution in [0.4, 0.5) is 4.39 Å². The van der Waals surface area contributed by atoms with Gasteiger partial charge in [0.15, 0.2) is 7.60 Å². The van der Waals surface area contributed by atoms with Gasteiger partial charge in [-0.05, 0) is 162 Å².